The van der Waals surface area contributed by atoms with Gasteiger partial charge in [0.1, 0.15) is 0 Å². The Morgan fingerprint density at radius 3 is 2.50 bits per heavy atom. The van der Waals surface area contributed by atoms with Gasteiger partial charge in [-0.3, -0.25) is 9.36 Å². The lowest BCUT2D eigenvalue weighted by Gasteiger charge is -1.97. The molecule has 2 heterocycles. The summed E-state index contributed by atoms with van der Waals surface area (Å²) in [4.78, 5) is 0. The van der Waals surface area contributed by atoms with Crippen LogP contribution >= 0.6 is 0 Å². The van der Waals surface area contributed by atoms with Gasteiger partial charge in [-0.2, -0.15) is 10.2 Å². The predicted molar refractivity (Wildman–Crippen MR) is 62.0 cm³/mol. The lowest BCUT2D eigenvalue weighted by atomic mass is 10.3. The van der Waals surface area contributed by atoms with Gasteiger partial charge in [0.05, 0.1) is 18.9 Å². The van der Waals surface area contributed by atoms with Gasteiger partial charge in [-0.15, -0.1) is 0 Å². The third-order valence-electron chi connectivity index (χ3n) is 2.48. The predicted octanol–water partition coefficient (Wildman–Crippen LogP) is 0.649. The number of nitrogens with zero attached hydrogens (tertiary/aromatic N) is 4. The Balaban J connectivity index is 2.02. The van der Waals surface area contributed by atoms with Gasteiger partial charge >= 0.3 is 0 Å². The summed E-state index contributed by atoms with van der Waals surface area (Å²) < 4.78 is 3.83. The standard InChI is InChI=1S/C11H17N5/c1-2-15-8-11(6-13-15)9-16-7-10(3-4-12)5-14-16/h5-8H,2-4,9,12H2,1H3. The van der Waals surface area contributed by atoms with E-state index >= 15 is 0 Å². The van der Waals surface area contributed by atoms with Gasteiger partial charge in [-0.25, -0.2) is 0 Å². The molecule has 16 heavy (non-hydrogen) atoms. The van der Waals surface area contributed by atoms with Gasteiger partial charge in [0.2, 0.25) is 0 Å². The number of aryl methyl sites for hydroxylation is 1. The minimum absolute atomic E-state index is 0.666. The summed E-state index contributed by atoms with van der Waals surface area (Å²) >= 11 is 0. The first-order valence-electron chi connectivity index (χ1n) is 5.54. The highest BCUT2D eigenvalue weighted by atomic mass is 15.3. The second-order valence-electron chi connectivity index (χ2n) is 3.79. The third-order valence-corrected chi connectivity index (χ3v) is 2.48. The van der Waals surface area contributed by atoms with E-state index in [9.17, 15) is 0 Å². The second kappa shape index (κ2) is 4.94. The zero-order valence-electron chi connectivity index (χ0n) is 9.50. The second-order valence-corrected chi connectivity index (χ2v) is 3.79. The molecule has 0 aromatic carbocycles. The Kier molecular flexibility index (Phi) is 3.36. The van der Waals surface area contributed by atoms with Crippen molar-refractivity contribution in [3.63, 3.8) is 0 Å². The van der Waals surface area contributed by atoms with Gasteiger partial charge in [-0.05, 0) is 25.5 Å². The first kappa shape index (κ1) is 10.9. The van der Waals surface area contributed by atoms with E-state index in [1.54, 1.807) is 0 Å². The van der Waals surface area contributed by atoms with E-state index in [2.05, 4.69) is 17.1 Å². The van der Waals surface area contributed by atoms with Crippen LogP contribution in [0.2, 0.25) is 0 Å². The van der Waals surface area contributed by atoms with Gasteiger partial charge < -0.3 is 5.73 Å². The van der Waals surface area contributed by atoms with Crippen LogP contribution in [-0.2, 0) is 19.5 Å². The lowest BCUT2D eigenvalue weighted by Crippen LogP contribution is -2.02. The van der Waals surface area contributed by atoms with Crippen molar-refractivity contribution in [2.75, 3.05) is 6.54 Å². The summed E-state index contributed by atoms with van der Waals surface area (Å²) in [6.45, 7) is 4.41. The van der Waals surface area contributed by atoms with Crippen LogP contribution in [0.4, 0.5) is 0 Å². The van der Waals surface area contributed by atoms with Gasteiger partial charge in [-0.1, -0.05) is 0 Å². The largest absolute Gasteiger partial charge is 0.330 e. The molecule has 0 fully saturated rings. The van der Waals surface area contributed by atoms with Gasteiger partial charge in [0.25, 0.3) is 0 Å². The molecular weight excluding hydrogens is 202 g/mol. The fourth-order valence-corrected chi connectivity index (χ4v) is 1.64. The monoisotopic (exact) mass is 219 g/mol. The minimum Gasteiger partial charge on any atom is -0.330 e. The van der Waals surface area contributed by atoms with Crippen molar-refractivity contribution >= 4 is 0 Å². The SMILES string of the molecule is CCn1cc(Cn2cc(CCN)cn2)cn1. The molecule has 0 amide bonds. The summed E-state index contributed by atoms with van der Waals surface area (Å²) in [6, 6.07) is 0. The van der Waals surface area contributed by atoms with E-state index in [-0.39, 0.29) is 0 Å². The maximum Gasteiger partial charge on any atom is 0.0690 e. The molecule has 0 bridgehead atoms. The summed E-state index contributed by atoms with van der Waals surface area (Å²) in [5.41, 5.74) is 7.85. The Labute approximate surface area is 94.9 Å². The van der Waals surface area contributed by atoms with E-state index < -0.39 is 0 Å². The van der Waals surface area contributed by atoms with Crippen molar-refractivity contribution < 1.29 is 0 Å². The smallest absolute Gasteiger partial charge is 0.0690 e. The fourth-order valence-electron chi connectivity index (χ4n) is 1.64. The molecule has 0 spiro atoms. The number of aromatic nitrogens is 4. The van der Waals surface area contributed by atoms with Crippen LogP contribution in [-0.4, -0.2) is 26.1 Å². The molecule has 0 atom stereocenters. The Morgan fingerprint density at radius 1 is 1.12 bits per heavy atom. The van der Waals surface area contributed by atoms with Crippen molar-refractivity contribution in [1.82, 2.24) is 19.6 Å². The van der Waals surface area contributed by atoms with E-state index in [0.29, 0.717) is 6.54 Å². The summed E-state index contributed by atoms with van der Waals surface area (Å²) in [6.07, 6.45) is 8.72. The average molecular weight is 219 g/mol. The molecule has 5 nitrogen and oxygen atoms in total. The van der Waals surface area contributed by atoms with E-state index in [1.807, 2.05) is 34.2 Å². The Hall–Kier alpha value is -1.62. The van der Waals surface area contributed by atoms with Crippen LogP contribution in [0, 0.1) is 0 Å². The molecule has 2 aromatic rings. The van der Waals surface area contributed by atoms with Crippen LogP contribution in [0.25, 0.3) is 0 Å². The van der Waals surface area contributed by atoms with Crippen molar-refractivity contribution in [2.45, 2.75) is 26.4 Å². The summed E-state index contributed by atoms with van der Waals surface area (Å²) in [5, 5.41) is 8.52. The van der Waals surface area contributed by atoms with Crippen LogP contribution in [0.1, 0.15) is 18.1 Å². The quantitative estimate of drug-likeness (QED) is 0.803. The van der Waals surface area contributed by atoms with Crippen molar-refractivity contribution in [3.8, 4) is 0 Å². The highest BCUT2D eigenvalue weighted by molar-refractivity contribution is 5.08. The minimum atomic E-state index is 0.666. The Morgan fingerprint density at radius 2 is 1.81 bits per heavy atom. The zero-order valence-corrected chi connectivity index (χ0v) is 9.50. The van der Waals surface area contributed by atoms with Crippen molar-refractivity contribution in [1.29, 1.82) is 0 Å². The molecule has 2 aromatic heterocycles. The maximum absolute atomic E-state index is 5.49. The molecule has 5 heteroatoms. The van der Waals surface area contributed by atoms with E-state index in [0.717, 1.165) is 19.5 Å². The maximum atomic E-state index is 5.49. The highest BCUT2D eigenvalue weighted by Gasteiger charge is 2.01. The number of nitrogens with two attached hydrogens (primary N) is 1. The average Bonchev–Trinajstić information content (AvgIpc) is 2.89. The first-order valence-corrected chi connectivity index (χ1v) is 5.54. The molecule has 0 saturated heterocycles. The highest BCUT2D eigenvalue weighted by Crippen LogP contribution is 2.03. The van der Waals surface area contributed by atoms with Crippen LogP contribution in [0.3, 0.4) is 0 Å². The topological polar surface area (TPSA) is 61.7 Å². The summed E-state index contributed by atoms with van der Waals surface area (Å²) in [7, 11) is 0. The molecule has 0 unspecified atom stereocenters. The molecule has 2 N–H and O–H groups in total. The normalized spacial score (nSPS) is 10.9. The number of hydrogen-bond donors (Lipinski definition) is 1. The van der Waals surface area contributed by atoms with Gasteiger partial charge in [0.15, 0.2) is 0 Å². The first-order chi connectivity index (χ1) is 7.81. The van der Waals surface area contributed by atoms with Gasteiger partial charge in [0, 0.05) is 24.5 Å². The van der Waals surface area contributed by atoms with Crippen molar-refractivity contribution in [2.24, 2.45) is 5.73 Å². The van der Waals surface area contributed by atoms with Crippen molar-refractivity contribution in [3.05, 3.63) is 35.9 Å². The molecular formula is C11H17N5. The molecule has 0 aliphatic heterocycles. The number of rotatable bonds is 5. The molecule has 86 valence electrons. The molecule has 0 aliphatic rings. The molecule has 2 rings (SSSR count). The Bertz CT molecular complexity index is 443. The molecule has 0 aliphatic carbocycles. The third kappa shape index (κ3) is 2.49. The fraction of sp³-hybridized carbons (Fsp3) is 0.455. The van der Waals surface area contributed by atoms with E-state index in [4.69, 9.17) is 5.73 Å². The molecule has 0 saturated carbocycles. The lowest BCUT2D eigenvalue weighted by molar-refractivity contribution is 0.654. The van der Waals surface area contributed by atoms with E-state index in [1.165, 1.54) is 11.1 Å². The number of hydrogen-bond acceptors (Lipinski definition) is 3. The van der Waals surface area contributed by atoms with Crippen LogP contribution < -0.4 is 5.73 Å². The van der Waals surface area contributed by atoms with Crippen LogP contribution in [0.15, 0.2) is 24.8 Å². The zero-order chi connectivity index (χ0) is 11.4. The molecule has 0 radical (unpaired) electrons. The summed E-state index contributed by atoms with van der Waals surface area (Å²) in [5.74, 6) is 0. The van der Waals surface area contributed by atoms with Crippen LogP contribution in [0.5, 0.6) is 0 Å².